The number of hydrogen-bond acceptors (Lipinski definition) is 4. The van der Waals surface area contributed by atoms with Gasteiger partial charge in [-0.15, -0.1) is 0 Å². The second-order valence-corrected chi connectivity index (χ2v) is 8.07. The van der Waals surface area contributed by atoms with Crippen LogP contribution in [0, 0.1) is 28.6 Å². The smallest absolute Gasteiger partial charge is 0.333 e. The first-order valence-electron chi connectivity index (χ1n) is 8.79. The van der Waals surface area contributed by atoms with Gasteiger partial charge in [0.25, 0.3) is 0 Å². The molecule has 4 fully saturated rings. The molecule has 0 aliphatic heterocycles. The fourth-order valence-corrected chi connectivity index (χ4v) is 5.62. The van der Waals surface area contributed by atoms with Crippen LogP contribution in [0.3, 0.4) is 0 Å². The highest BCUT2D eigenvalue weighted by Gasteiger charge is 2.58. The Morgan fingerprint density at radius 1 is 1.26 bits per heavy atom. The summed E-state index contributed by atoms with van der Waals surface area (Å²) in [5.41, 5.74) is 0.720. The van der Waals surface area contributed by atoms with Gasteiger partial charge in [-0.2, -0.15) is 5.26 Å². The fourth-order valence-electron chi connectivity index (χ4n) is 5.62. The maximum Gasteiger partial charge on any atom is 0.333 e. The van der Waals surface area contributed by atoms with E-state index in [1.807, 2.05) is 0 Å². The second-order valence-electron chi connectivity index (χ2n) is 8.07. The molecule has 4 aliphatic rings. The minimum absolute atomic E-state index is 0.0146. The Bertz CT molecular complexity index is 519. The lowest BCUT2D eigenvalue weighted by atomic mass is 9.47. The van der Waals surface area contributed by atoms with E-state index >= 15 is 0 Å². The Hall–Kier alpha value is -1.34. The number of esters is 1. The minimum Gasteiger partial charge on any atom is -0.462 e. The highest BCUT2D eigenvalue weighted by molar-refractivity contribution is 5.86. The van der Waals surface area contributed by atoms with Crippen LogP contribution >= 0.6 is 0 Å². The molecule has 4 nitrogen and oxygen atoms in total. The van der Waals surface area contributed by atoms with Crippen LogP contribution in [0.2, 0.25) is 0 Å². The summed E-state index contributed by atoms with van der Waals surface area (Å²) in [6.45, 7) is 6.36. The van der Waals surface area contributed by atoms with Crippen LogP contribution in [-0.4, -0.2) is 24.8 Å². The van der Waals surface area contributed by atoms with Crippen molar-refractivity contribution in [2.45, 2.75) is 63.9 Å². The van der Waals surface area contributed by atoms with Crippen molar-refractivity contribution in [2.75, 3.05) is 13.2 Å². The molecule has 0 aromatic rings. The summed E-state index contributed by atoms with van der Waals surface area (Å²) in [6, 6.07) is 2.18. The Kier molecular flexibility index (Phi) is 4.51. The van der Waals surface area contributed by atoms with Crippen molar-refractivity contribution >= 4 is 5.97 Å². The van der Waals surface area contributed by atoms with E-state index in [4.69, 9.17) is 14.7 Å². The molecular weight excluding hydrogens is 290 g/mol. The maximum absolute atomic E-state index is 11.6. The number of ether oxygens (including phenoxy) is 2. The quantitative estimate of drug-likeness (QED) is 0.407. The molecule has 4 bridgehead atoms. The van der Waals surface area contributed by atoms with Gasteiger partial charge in [0, 0.05) is 5.57 Å². The van der Waals surface area contributed by atoms with E-state index in [0.717, 1.165) is 37.5 Å². The highest BCUT2D eigenvalue weighted by atomic mass is 16.5. The topological polar surface area (TPSA) is 59.3 Å². The highest BCUT2D eigenvalue weighted by Crippen LogP contribution is 2.63. The fraction of sp³-hybridized carbons (Fsp3) is 0.789. The van der Waals surface area contributed by atoms with E-state index in [9.17, 15) is 4.79 Å². The molecule has 0 heterocycles. The van der Waals surface area contributed by atoms with E-state index < -0.39 is 0 Å². The van der Waals surface area contributed by atoms with Crippen LogP contribution in [0.15, 0.2) is 12.2 Å². The predicted octanol–water partition coefficient (Wildman–Crippen LogP) is 3.77. The molecule has 4 saturated carbocycles. The first-order chi connectivity index (χ1) is 11.0. The van der Waals surface area contributed by atoms with Gasteiger partial charge in [-0.1, -0.05) is 6.58 Å². The third kappa shape index (κ3) is 3.45. The van der Waals surface area contributed by atoms with Crippen molar-refractivity contribution in [3.63, 3.8) is 0 Å². The molecule has 0 aromatic carbocycles. The summed E-state index contributed by atoms with van der Waals surface area (Å²) in [7, 11) is 0. The van der Waals surface area contributed by atoms with E-state index in [1.54, 1.807) is 6.92 Å². The SMILES string of the molecule is C=C(C)C(=O)OCCC12CC3CC(C1)CC(OCCC#N)(C3)C2. The summed E-state index contributed by atoms with van der Waals surface area (Å²) in [6.07, 6.45) is 8.61. The lowest BCUT2D eigenvalue weighted by Crippen LogP contribution is -2.57. The van der Waals surface area contributed by atoms with Crippen LogP contribution in [0.4, 0.5) is 0 Å². The maximum atomic E-state index is 11.6. The molecule has 4 aliphatic carbocycles. The van der Waals surface area contributed by atoms with Gasteiger partial charge in [0.1, 0.15) is 0 Å². The van der Waals surface area contributed by atoms with Gasteiger partial charge < -0.3 is 9.47 Å². The molecule has 4 rings (SSSR count). The molecule has 0 N–H and O–H groups in total. The van der Waals surface area contributed by atoms with Gasteiger partial charge >= 0.3 is 5.97 Å². The number of nitrogens with zero attached hydrogens (tertiary/aromatic N) is 1. The lowest BCUT2D eigenvalue weighted by molar-refractivity contribution is -0.196. The van der Waals surface area contributed by atoms with E-state index in [1.165, 1.54) is 19.3 Å². The molecule has 4 heteroatoms. The summed E-state index contributed by atoms with van der Waals surface area (Å²) in [5.74, 6) is 1.21. The van der Waals surface area contributed by atoms with Crippen molar-refractivity contribution < 1.29 is 14.3 Å². The molecule has 0 amide bonds. The normalized spacial score (nSPS) is 37.4. The molecule has 0 radical (unpaired) electrons. The Morgan fingerprint density at radius 3 is 2.57 bits per heavy atom. The third-order valence-corrected chi connectivity index (χ3v) is 5.96. The molecule has 0 aromatic heterocycles. The zero-order valence-electron chi connectivity index (χ0n) is 14.1. The number of carbonyl (C=O) groups excluding carboxylic acids is 1. The molecule has 2 unspecified atom stereocenters. The first kappa shape index (κ1) is 16.5. The molecule has 0 saturated heterocycles. The molecule has 126 valence electrons. The Morgan fingerprint density at radius 2 is 1.96 bits per heavy atom. The standard InChI is InChI=1S/C19H27NO3/c1-14(2)17(21)22-7-4-18-9-15-8-16(10-18)12-19(11-15,13-18)23-6-3-5-20/h15-16H,1,3-4,6-13H2,2H3. The number of rotatable bonds is 7. The summed E-state index contributed by atoms with van der Waals surface area (Å²) < 4.78 is 11.6. The third-order valence-electron chi connectivity index (χ3n) is 5.96. The van der Waals surface area contributed by atoms with Gasteiger partial charge in [0.2, 0.25) is 0 Å². The summed E-state index contributed by atoms with van der Waals surface area (Å²) in [4.78, 5) is 11.6. The van der Waals surface area contributed by atoms with Crippen LogP contribution in [0.25, 0.3) is 0 Å². The molecule has 23 heavy (non-hydrogen) atoms. The van der Waals surface area contributed by atoms with Gasteiger partial charge in [0.15, 0.2) is 0 Å². The van der Waals surface area contributed by atoms with Gasteiger partial charge in [-0.05, 0) is 69.1 Å². The molecular formula is C19H27NO3. The van der Waals surface area contributed by atoms with Crippen molar-refractivity contribution in [1.82, 2.24) is 0 Å². The number of nitriles is 1. The van der Waals surface area contributed by atoms with Crippen molar-refractivity contribution in [2.24, 2.45) is 17.3 Å². The van der Waals surface area contributed by atoms with Crippen LogP contribution < -0.4 is 0 Å². The van der Waals surface area contributed by atoms with Crippen molar-refractivity contribution in [3.05, 3.63) is 12.2 Å². The monoisotopic (exact) mass is 317 g/mol. The van der Waals surface area contributed by atoms with Gasteiger partial charge in [0.05, 0.1) is 31.3 Å². The number of hydrogen-bond donors (Lipinski definition) is 0. The lowest BCUT2D eigenvalue weighted by Gasteiger charge is -2.61. The first-order valence-corrected chi connectivity index (χ1v) is 8.79. The van der Waals surface area contributed by atoms with E-state index in [0.29, 0.717) is 25.2 Å². The van der Waals surface area contributed by atoms with Crippen LogP contribution in [0.1, 0.15) is 58.3 Å². The molecule has 2 atom stereocenters. The van der Waals surface area contributed by atoms with Crippen LogP contribution in [0.5, 0.6) is 0 Å². The Labute approximate surface area is 138 Å². The van der Waals surface area contributed by atoms with Crippen molar-refractivity contribution in [1.29, 1.82) is 5.26 Å². The second kappa shape index (κ2) is 6.28. The number of carbonyl (C=O) groups is 1. The van der Waals surface area contributed by atoms with E-state index in [2.05, 4.69) is 12.6 Å². The van der Waals surface area contributed by atoms with E-state index in [-0.39, 0.29) is 17.0 Å². The van der Waals surface area contributed by atoms with Gasteiger partial charge in [-0.3, -0.25) is 0 Å². The average Bonchev–Trinajstić information content (AvgIpc) is 2.45. The van der Waals surface area contributed by atoms with Crippen molar-refractivity contribution in [3.8, 4) is 6.07 Å². The summed E-state index contributed by atoms with van der Waals surface area (Å²) >= 11 is 0. The zero-order valence-corrected chi connectivity index (χ0v) is 14.1. The Balaban J connectivity index is 1.62. The zero-order chi connectivity index (χ0) is 16.5. The average molecular weight is 317 g/mol. The summed E-state index contributed by atoms with van der Waals surface area (Å²) in [5, 5.41) is 8.76. The largest absolute Gasteiger partial charge is 0.462 e. The predicted molar refractivity (Wildman–Crippen MR) is 86.4 cm³/mol. The van der Waals surface area contributed by atoms with Gasteiger partial charge in [-0.25, -0.2) is 4.79 Å². The van der Waals surface area contributed by atoms with Crippen LogP contribution in [-0.2, 0) is 14.3 Å². The molecule has 0 spiro atoms. The minimum atomic E-state index is -0.283.